The smallest absolute Gasteiger partial charge is 0.405 e. The molecular formula is C9H12BBrO. The molecule has 0 N–H and O–H groups in total. The van der Waals surface area contributed by atoms with Gasteiger partial charge in [0.2, 0.25) is 0 Å². The first kappa shape index (κ1) is 9.81. The van der Waals surface area contributed by atoms with Crippen molar-refractivity contribution < 1.29 is 4.65 Å². The second-order valence-corrected chi connectivity index (χ2v) is 3.51. The molecule has 1 aromatic rings. The van der Waals surface area contributed by atoms with Crippen molar-refractivity contribution in [1.29, 1.82) is 0 Å². The maximum absolute atomic E-state index is 5.38. The van der Waals surface area contributed by atoms with E-state index >= 15 is 0 Å². The van der Waals surface area contributed by atoms with Gasteiger partial charge in [0.25, 0.3) is 0 Å². The molecule has 0 aliphatic rings. The van der Waals surface area contributed by atoms with Crippen molar-refractivity contribution in [2.24, 2.45) is 0 Å². The Morgan fingerprint density at radius 2 is 1.92 bits per heavy atom. The number of aryl methyl sites for hydroxylation is 1. The van der Waals surface area contributed by atoms with E-state index in [9.17, 15) is 0 Å². The van der Waals surface area contributed by atoms with Gasteiger partial charge in [-0.2, -0.15) is 0 Å². The fourth-order valence-electron chi connectivity index (χ4n) is 0.960. The van der Waals surface area contributed by atoms with E-state index in [-0.39, 0.29) is 5.74 Å². The van der Waals surface area contributed by atoms with E-state index in [1.54, 1.807) is 0 Å². The van der Waals surface area contributed by atoms with Crippen LogP contribution in [0.15, 0.2) is 24.3 Å². The average molecular weight is 227 g/mol. The SMILES string of the molecule is CCOB(Br)c1ccc(C)cc1. The quantitative estimate of drug-likeness (QED) is 0.718. The zero-order chi connectivity index (χ0) is 8.97. The molecule has 1 rings (SSSR count). The lowest BCUT2D eigenvalue weighted by molar-refractivity contribution is 0.364. The van der Waals surface area contributed by atoms with Crippen molar-refractivity contribution in [3.8, 4) is 0 Å². The molecule has 64 valence electrons. The van der Waals surface area contributed by atoms with Crippen molar-refractivity contribution in [2.45, 2.75) is 13.8 Å². The average Bonchev–Trinajstić information content (AvgIpc) is 2.06. The van der Waals surface area contributed by atoms with E-state index in [1.165, 1.54) is 11.0 Å². The molecule has 0 fully saturated rings. The van der Waals surface area contributed by atoms with Gasteiger partial charge in [-0.25, -0.2) is 0 Å². The largest absolute Gasteiger partial charge is 0.422 e. The van der Waals surface area contributed by atoms with E-state index in [4.69, 9.17) is 4.65 Å². The van der Waals surface area contributed by atoms with E-state index < -0.39 is 0 Å². The first-order valence-electron chi connectivity index (χ1n) is 4.06. The van der Waals surface area contributed by atoms with Crippen LogP contribution in [0.3, 0.4) is 0 Å². The fourth-order valence-corrected chi connectivity index (χ4v) is 1.53. The molecule has 1 aromatic carbocycles. The van der Waals surface area contributed by atoms with E-state index in [2.05, 4.69) is 46.9 Å². The maximum atomic E-state index is 5.38. The Bertz CT molecular complexity index is 235. The van der Waals surface area contributed by atoms with Gasteiger partial charge in [0.05, 0.1) is 0 Å². The molecule has 1 nitrogen and oxygen atoms in total. The molecule has 0 aliphatic carbocycles. The van der Waals surface area contributed by atoms with Gasteiger partial charge < -0.3 is 4.65 Å². The summed E-state index contributed by atoms with van der Waals surface area (Å²) < 4.78 is 5.38. The summed E-state index contributed by atoms with van der Waals surface area (Å²) in [5.74, 6) is 0. The molecular weight excluding hydrogens is 215 g/mol. The van der Waals surface area contributed by atoms with Crippen LogP contribution in [0.5, 0.6) is 0 Å². The summed E-state index contributed by atoms with van der Waals surface area (Å²) >= 11 is 3.45. The number of rotatable bonds is 3. The molecule has 0 amide bonds. The first-order chi connectivity index (χ1) is 5.74. The van der Waals surface area contributed by atoms with Crippen LogP contribution in [-0.4, -0.2) is 12.3 Å². The minimum Gasteiger partial charge on any atom is -0.422 e. The molecule has 0 bridgehead atoms. The number of halogens is 1. The predicted molar refractivity (Wildman–Crippen MR) is 57.1 cm³/mol. The third kappa shape index (κ3) is 2.65. The molecule has 0 aliphatic heterocycles. The van der Waals surface area contributed by atoms with Crippen molar-refractivity contribution >= 4 is 27.0 Å². The molecule has 0 radical (unpaired) electrons. The Hall–Kier alpha value is -0.275. The molecule has 0 atom stereocenters. The van der Waals surface area contributed by atoms with Crippen LogP contribution in [0.4, 0.5) is 0 Å². The summed E-state index contributed by atoms with van der Waals surface area (Å²) in [7, 11) is 0. The normalized spacial score (nSPS) is 9.92. The van der Waals surface area contributed by atoms with E-state index in [0.29, 0.717) is 0 Å². The van der Waals surface area contributed by atoms with Crippen molar-refractivity contribution in [3.05, 3.63) is 29.8 Å². The molecule has 0 spiro atoms. The van der Waals surface area contributed by atoms with Gasteiger partial charge in [0.1, 0.15) is 0 Å². The maximum Gasteiger partial charge on any atom is 0.405 e. The highest BCUT2D eigenvalue weighted by Gasteiger charge is 2.12. The molecule has 0 saturated carbocycles. The monoisotopic (exact) mass is 226 g/mol. The van der Waals surface area contributed by atoms with Crippen LogP contribution in [0.2, 0.25) is 0 Å². The summed E-state index contributed by atoms with van der Waals surface area (Å²) in [6, 6.07) is 8.32. The molecule has 0 aromatic heterocycles. The summed E-state index contributed by atoms with van der Waals surface area (Å²) in [6.45, 7) is 4.79. The minimum absolute atomic E-state index is 0.0306. The minimum atomic E-state index is 0.0306. The lowest BCUT2D eigenvalue weighted by Crippen LogP contribution is -2.26. The third-order valence-corrected chi connectivity index (χ3v) is 2.45. The predicted octanol–water partition coefficient (Wildman–Crippen LogP) is 2.12. The van der Waals surface area contributed by atoms with Gasteiger partial charge >= 0.3 is 5.74 Å². The van der Waals surface area contributed by atoms with E-state index in [1.807, 2.05) is 6.92 Å². The zero-order valence-corrected chi connectivity index (χ0v) is 8.97. The molecule has 0 saturated heterocycles. The zero-order valence-electron chi connectivity index (χ0n) is 7.38. The summed E-state index contributed by atoms with van der Waals surface area (Å²) in [4.78, 5) is 0. The van der Waals surface area contributed by atoms with Gasteiger partial charge in [-0.1, -0.05) is 29.8 Å². The molecule has 0 heterocycles. The summed E-state index contributed by atoms with van der Waals surface area (Å²) in [5, 5.41) is 0. The van der Waals surface area contributed by atoms with Crippen LogP contribution in [0, 0.1) is 6.92 Å². The topological polar surface area (TPSA) is 9.23 Å². The van der Waals surface area contributed by atoms with Crippen LogP contribution < -0.4 is 5.46 Å². The fraction of sp³-hybridized carbons (Fsp3) is 0.333. The second-order valence-electron chi connectivity index (χ2n) is 2.68. The highest BCUT2D eigenvalue weighted by Crippen LogP contribution is 2.00. The van der Waals surface area contributed by atoms with Gasteiger partial charge in [-0.05, 0) is 19.3 Å². The Morgan fingerprint density at radius 1 is 1.33 bits per heavy atom. The molecule has 0 unspecified atom stereocenters. The Kier molecular flexibility index (Phi) is 3.82. The van der Waals surface area contributed by atoms with Crippen molar-refractivity contribution in [3.63, 3.8) is 0 Å². The highest BCUT2D eigenvalue weighted by molar-refractivity contribution is 9.24. The Balaban J connectivity index is 2.68. The van der Waals surface area contributed by atoms with Crippen molar-refractivity contribution in [2.75, 3.05) is 6.61 Å². The summed E-state index contributed by atoms with van der Waals surface area (Å²) in [5.41, 5.74) is 2.47. The standard InChI is InChI=1S/C9H12BBrO/c1-3-12-10(11)9-6-4-8(2)5-7-9/h4-7H,3H2,1-2H3. The van der Waals surface area contributed by atoms with Crippen LogP contribution in [0.25, 0.3) is 0 Å². The van der Waals surface area contributed by atoms with E-state index in [0.717, 1.165) is 6.61 Å². The Morgan fingerprint density at radius 3 is 2.42 bits per heavy atom. The third-order valence-electron chi connectivity index (χ3n) is 1.65. The molecule has 12 heavy (non-hydrogen) atoms. The van der Waals surface area contributed by atoms with Crippen LogP contribution in [-0.2, 0) is 4.65 Å². The van der Waals surface area contributed by atoms with Crippen molar-refractivity contribution in [1.82, 2.24) is 0 Å². The first-order valence-corrected chi connectivity index (χ1v) is 4.98. The number of hydrogen-bond donors (Lipinski definition) is 0. The molecule has 3 heteroatoms. The number of hydrogen-bond acceptors (Lipinski definition) is 1. The van der Waals surface area contributed by atoms with Gasteiger partial charge in [-0.3, -0.25) is 0 Å². The van der Waals surface area contributed by atoms with Gasteiger partial charge in [0, 0.05) is 6.61 Å². The van der Waals surface area contributed by atoms with Crippen LogP contribution in [0.1, 0.15) is 12.5 Å². The Labute approximate surface area is 82.2 Å². The van der Waals surface area contributed by atoms with Gasteiger partial charge in [0.15, 0.2) is 0 Å². The lowest BCUT2D eigenvalue weighted by atomic mass is 9.87. The number of benzene rings is 1. The van der Waals surface area contributed by atoms with Crippen LogP contribution >= 0.6 is 15.8 Å². The highest BCUT2D eigenvalue weighted by atomic mass is 79.9. The van der Waals surface area contributed by atoms with Gasteiger partial charge in [-0.15, -0.1) is 15.8 Å². The summed E-state index contributed by atoms with van der Waals surface area (Å²) in [6.07, 6.45) is 0. The lowest BCUT2D eigenvalue weighted by Gasteiger charge is -2.05. The second kappa shape index (κ2) is 4.68.